The number of anilines is 1. The summed E-state index contributed by atoms with van der Waals surface area (Å²) in [6.45, 7) is 1.34. The molecule has 6 heteroatoms. The van der Waals surface area contributed by atoms with E-state index in [1.54, 1.807) is 0 Å². The quantitative estimate of drug-likeness (QED) is 0.663. The second-order valence-corrected chi connectivity index (χ2v) is 7.95. The summed E-state index contributed by atoms with van der Waals surface area (Å²) in [6.07, 6.45) is 0.493. The summed E-state index contributed by atoms with van der Waals surface area (Å²) in [6, 6.07) is 7.58. The molecule has 1 aromatic carbocycles. The van der Waals surface area contributed by atoms with Crippen LogP contribution in [0.2, 0.25) is 4.47 Å². The Bertz CT molecular complexity index is 460. The Morgan fingerprint density at radius 1 is 1.30 bits per heavy atom. The summed E-state index contributed by atoms with van der Waals surface area (Å²) >= 11 is -0.411. The molecule has 20 heavy (non-hydrogen) atoms. The fourth-order valence-electron chi connectivity index (χ4n) is 1.64. The molecule has 0 fully saturated rings. The van der Waals surface area contributed by atoms with Gasteiger partial charge in [-0.15, -0.1) is 0 Å². The maximum atomic E-state index is 11.0. The van der Waals surface area contributed by atoms with Gasteiger partial charge in [0.05, 0.1) is 0 Å². The minimum atomic E-state index is -0.962. The molecule has 0 bridgehead atoms. The Morgan fingerprint density at radius 2 is 1.90 bits per heavy atom. The summed E-state index contributed by atoms with van der Waals surface area (Å²) in [7, 11) is 3.99. The first-order chi connectivity index (χ1) is 9.40. The summed E-state index contributed by atoms with van der Waals surface area (Å²) in [5.74, 6) is -1.26. The number of amides is 1. The molecule has 1 aromatic rings. The molecule has 0 aromatic heterocycles. The van der Waals surface area contributed by atoms with Crippen molar-refractivity contribution in [1.29, 1.82) is 0 Å². The number of carboxylic acids is 1. The average molecular weight is 392 g/mol. The van der Waals surface area contributed by atoms with E-state index >= 15 is 0 Å². The second-order valence-electron chi connectivity index (χ2n) is 4.62. The third kappa shape index (κ3) is 5.81. The van der Waals surface area contributed by atoms with Crippen LogP contribution in [-0.4, -0.2) is 58.0 Å². The predicted molar refractivity (Wildman–Crippen MR) is 80.8 cm³/mol. The fourth-order valence-corrected chi connectivity index (χ4v) is 4.26. The van der Waals surface area contributed by atoms with Crippen LogP contribution in [0.5, 0.6) is 0 Å². The van der Waals surface area contributed by atoms with Crippen LogP contribution in [-0.2, 0) is 9.59 Å². The van der Waals surface area contributed by atoms with Gasteiger partial charge in [-0.05, 0) is 0 Å². The molecule has 0 radical (unpaired) electrons. The third-order valence-corrected chi connectivity index (χ3v) is 5.69. The van der Waals surface area contributed by atoms with Gasteiger partial charge in [-0.1, -0.05) is 0 Å². The number of benzene rings is 1. The second kappa shape index (κ2) is 8.13. The maximum absolute atomic E-state index is 11.0. The molecular formula is C14H20N2O3Te. The molecule has 0 aliphatic carbocycles. The van der Waals surface area contributed by atoms with Crippen LogP contribution in [0.3, 0.4) is 0 Å². The van der Waals surface area contributed by atoms with Gasteiger partial charge in [0, 0.05) is 0 Å². The van der Waals surface area contributed by atoms with E-state index in [4.69, 9.17) is 5.11 Å². The monoisotopic (exact) mass is 394 g/mol. The Kier molecular flexibility index (Phi) is 6.83. The standard InChI is InChI=1S/C14H20N2O3Te/c1-10(17)15-13(14(18)19)8-9-20-12-6-4-11(5-7-12)16(2)3/h4-7,13H,8-9H2,1-3H3,(H,15,17)(H,18,19). The number of nitrogens with zero attached hydrogens (tertiary/aromatic N) is 1. The molecule has 2 N–H and O–H groups in total. The van der Waals surface area contributed by atoms with E-state index in [0.29, 0.717) is 6.42 Å². The number of carbonyl (C=O) groups excluding carboxylic acids is 1. The van der Waals surface area contributed by atoms with Gasteiger partial charge in [-0.3, -0.25) is 0 Å². The van der Waals surface area contributed by atoms with E-state index in [1.807, 2.05) is 19.0 Å². The first-order valence-corrected chi connectivity index (χ1v) is 9.11. The first-order valence-electron chi connectivity index (χ1n) is 6.30. The molecule has 1 rings (SSSR count). The summed E-state index contributed by atoms with van der Waals surface area (Å²) in [5, 5.41) is 11.5. The molecule has 0 saturated carbocycles. The Hall–Kier alpha value is -1.25. The zero-order valence-electron chi connectivity index (χ0n) is 11.9. The topological polar surface area (TPSA) is 69.6 Å². The van der Waals surface area contributed by atoms with Gasteiger partial charge in [0.2, 0.25) is 0 Å². The van der Waals surface area contributed by atoms with Gasteiger partial charge in [-0.25, -0.2) is 0 Å². The summed E-state index contributed by atoms with van der Waals surface area (Å²) < 4.78 is 2.15. The molecule has 0 spiro atoms. The van der Waals surface area contributed by atoms with Gasteiger partial charge in [0.25, 0.3) is 0 Å². The van der Waals surface area contributed by atoms with E-state index < -0.39 is 32.9 Å². The van der Waals surface area contributed by atoms with Gasteiger partial charge in [-0.2, -0.15) is 0 Å². The number of hydrogen-bond donors (Lipinski definition) is 2. The minimum absolute atomic E-state index is 0.298. The predicted octanol–water partition coefficient (Wildman–Crippen LogP) is 0.480. The molecule has 110 valence electrons. The molecule has 0 heterocycles. The SMILES string of the molecule is CC(=O)NC(CC[Te]c1ccc(N(C)C)cc1)C(=O)O. The van der Waals surface area contributed by atoms with Crippen LogP contribution in [0.15, 0.2) is 24.3 Å². The molecule has 1 atom stereocenters. The first kappa shape index (κ1) is 16.8. The van der Waals surface area contributed by atoms with Crippen LogP contribution < -0.4 is 13.8 Å². The van der Waals surface area contributed by atoms with E-state index in [0.717, 1.165) is 10.2 Å². The number of hydrogen-bond acceptors (Lipinski definition) is 3. The molecule has 1 unspecified atom stereocenters. The van der Waals surface area contributed by atoms with Crippen LogP contribution in [0.25, 0.3) is 0 Å². The molecule has 0 aliphatic rings. The van der Waals surface area contributed by atoms with Gasteiger partial charge in [0.1, 0.15) is 0 Å². The number of aliphatic carboxylic acids is 1. The molecule has 0 saturated heterocycles. The van der Waals surface area contributed by atoms with E-state index in [2.05, 4.69) is 29.6 Å². The van der Waals surface area contributed by atoms with Gasteiger partial charge < -0.3 is 0 Å². The van der Waals surface area contributed by atoms with Crippen molar-refractivity contribution < 1.29 is 14.7 Å². The van der Waals surface area contributed by atoms with Crippen molar-refractivity contribution in [2.45, 2.75) is 23.9 Å². The third-order valence-electron chi connectivity index (χ3n) is 2.70. The molecule has 0 aliphatic heterocycles. The summed E-state index contributed by atoms with van der Waals surface area (Å²) in [5.41, 5.74) is 1.16. The van der Waals surface area contributed by atoms with Crippen molar-refractivity contribution in [3.05, 3.63) is 24.3 Å². The van der Waals surface area contributed by atoms with E-state index in [-0.39, 0.29) is 5.91 Å². The Labute approximate surface area is 129 Å². The number of nitrogens with one attached hydrogen (secondary N) is 1. The average Bonchev–Trinajstić information content (AvgIpc) is 2.37. The number of rotatable bonds is 7. The zero-order chi connectivity index (χ0) is 15.1. The van der Waals surface area contributed by atoms with Crippen molar-refractivity contribution in [3.63, 3.8) is 0 Å². The van der Waals surface area contributed by atoms with Crippen LogP contribution in [0.1, 0.15) is 13.3 Å². The Morgan fingerprint density at radius 3 is 2.35 bits per heavy atom. The van der Waals surface area contributed by atoms with Crippen molar-refractivity contribution in [1.82, 2.24) is 5.32 Å². The van der Waals surface area contributed by atoms with Gasteiger partial charge in [0.15, 0.2) is 0 Å². The fraction of sp³-hybridized carbons (Fsp3) is 0.429. The Balaban J connectivity index is 2.46. The van der Waals surface area contributed by atoms with Crippen LogP contribution >= 0.6 is 0 Å². The van der Waals surface area contributed by atoms with Crippen molar-refractivity contribution in [3.8, 4) is 0 Å². The molecular weight excluding hydrogens is 372 g/mol. The zero-order valence-corrected chi connectivity index (χ0v) is 14.3. The van der Waals surface area contributed by atoms with Crippen LogP contribution in [0.4, 0.5) is 5.69 Å². The van der Waals surface area contributed by atoms with E-state index in [9.17, 15) is 9.59 Å². The van der Waals surface area contributed by atoms with Gasteiger partial charge >= 0.3 is 129 Å². The summed E-state index contributed by atoms with van der Waals surface area (Å²) in [4.78, 5) is 24.0. The normalized spacial score (nSPS) is 11.8. The van der Waals surface area contributed by atoms with Crippen molar-refractivity contribution in [2.75, 3.05) is 19.0 Å². The van der Waals surface area contributed by atoms with E-state index in [1.165, 1.54) is 10.5 Å². The molecule has 5 nitrogen and oxygen atoms in total. The van der Waals surface area contributed by atoms with Crippen molar-refractivity contribution in [2.24, 2.45) is 0 Å². The molecule has 1 amide bonds. The van der Waals surface area contributed by atoms with Crippen molar-refractivity contribution >= 4 is 42.1 Å². The van der Waals surface area contributed by atoms with Crippen LogP contribution in [0, 0.1) is 0 Å². The number of carboxylic acid groups (broad SMARTS) is 1. The number of carbonyl (C=O) groups is 2.